The van der Waals surface area contributed by atoms with Gasteiger partial charge in [-0.3, -0.25) is 4.68 Å². The normalized spacial score (nSPS) is 17.9. The third-order valence-corrected chi connectivity index (χ3v) is 5.08. The van der Waals surface area contributed by atoms with Gasteiger partial charge in [-0.2, -0.15) is 18.3 Å². The van der Waals surface area contributed by atoms with Crippen molar-refractivity contribution in [3.05, 3.63) is 47.3 Å². The third kappa shape index (κ3) is 3.76. The van der Waals surface area contributed by atoms with Crippen LogP contribution < -0.4 is 4.90 Å². The topological polar surface area (TPSA) is 56.1 Å². The molecule has 0 radical (unpaired) electrons. The lowest BCUT2D eigenvalue weighted by molar-refractivity contribution is -0.142. The molecule has 4 rings (SSSR count). The molecule has 2 aromatic heterocycles. The van der Waals surface area contributed by atoms with E-state index >= 15 is 0 Å². The predicted molar refractivity (Wildman–Crippen MR) is 98.2 cm³/mol. The van der Waals surface area contributed by atoms with Gasteiger partial charge < -0.3 is 9.64 Å². The van der Waals surface area contributed by atoms with E-state index in [1.165, 1.54) is 18.5 Å². The molecule has 0 spiro atoms. The second-order valence-corrected chi connectivity index (χ2v) is 7.00. The number of ether oxygens (including phenoxy) is 1. The zero-order valence-electron chi connectivity index (χ0n) is 15.9. The highest BCUT2D eigenvalue weighted by atomic mass is 19.4. The highest BCUT2D eigenvalue weighted by Crippen LogP contribution is 2.36. The van der Waals surface area contributed by atoms with Crippen LogP contribution >= 0.6 is 0 Å². The summed E-state index contributed by atoms with van der Waals surface area (Å²) in [4.78, 5) is 10.5. The number of hydrogen-bond donors (Lipinski definition) is 0. The maximum Gasteiger partial charge on any atom is 0.408 e. The van der Waals surface area contributed by atoms with Crippen molar-refractivity contribution in [2.24, 2.45) is 0 Å². The van der Waals surface area contributed by atoms with E-state index in [0.717, 1.165) is 4.68 Å². The van der Waals surface area contributed by atoms with E-state index in [9.17, 15) is 17.6 Å². The van der Waals surface area contributed by atoms with Crippen LogP contribution in [0.1, 0.15) is 23.0 Å². The van der Waals surface area contributed by atoms with Crippen molar-refractivity contribution in [2.75, 3.05) is 24.7 Å². The van der Waals surface area contributed by atoms with Crippen LogP contribution in [-0.2, 0) is 11.3 Å². The predicted octanol–water partition coefficient (Wildman–Crippen LogP) is 3.72. The minimum absolute atomic E-state index is 0.264. The Balaban J connectivity index is 1.80. The molecule has 1 aliphatic heterocycles. The summed E-state index contributed by atoms with van der Waals surface area (Å²) in [7, 11) is 0. The van der Waals surface area contributed by atoms with E-state index in [2.05, 4.69) is 15.1 Å². The Kier molecular flexibility index (Phi) is 4.89. The van der Waals surface area contributed by atoms with Crippen LogP contribution in [0.4, 0.5) is 23.4 Å². The van der Waals surface area contributed by atoms with Crippen molar-refractivity contribution in [2.45, 2.75) is 32.6 Å². The average Bonchev–Trinajstić information content (AvgIpc) is 2.93. The molecule has 6 nitrogen and oxygen atoms in total. The van der Waals surface area contributed by atoms with Crippen LogP contribution in [0.15, 0.2) is 24.5 Å². The molecular weight excluding hydrogens is 390 g/mol. The van der Waals surface area contributed by atoms with Crippen molar-refractivity contribution in [1.82, 2.24) is 19.7 Å². The number of nitrogens with zero attached hydrogens (tertiary/aromatic N) is 5. The summed E-state index contributed by atoms with van der Waals surface area (Å²) < 4.78 is 59.2. The second-order valence-electron chi connectivity index (χ2n) is 7.00. The van der Waals surface area contributed by atoms with Crippen molar-refractivity contribution in [3.8, 4) is 0 Å². The molecule has 0 N–H and O–H groups in total. The summed E-state index contributed by atoms with van der Waals surface area (Å²) in [6.07, 6.45) is -2.97. The van der Waals surface area contributed by atoms with Gasteiger partial charge in [0, 0.05) is 23.2 Å². The van der Waals surface area contributed by atoms with Gasteiger partial charge in [0.15, 0.2) is 0 Å². The summed E-state index contributed by atoms with van der Waals surface area (Å²) in [5.74, 6) is 0.105. The van der Waals surface area contributed by atoms with Crippen LogP contribution in [0.3, 0.4) is 0 Å². The SMILES string of the molecule is Cc1nn(CC(F)(F)F)c(C)c1[C@H]1COCCN1c1ncnc2ccc(F)cc12. The summed E-state index contributed by atoms with van der Waals surface area (Å²) in [5, 5.41) is 4.64. The highest BCUT2D eigenvalue weighted by Gasteiger charge is 2.34. The molecule has 0 amide bonds. The number of fused-ring (bicyclic) bond motifs is 1. The van der Waals surface area contributed by atoms with Crippen LogP contribution in [0, 0.1) is 19.7 Å². The van der Waals surface area contributed by atoms with Gasteiger partial charge in [0.25, 0.3) is 0 Å². The molecule has 0 saturated carbocycles. The molecule has 10 heteroatoms. The lowest BCUT2D eigenvalue weighted by Crippen LogP contribution is -2.40. The number of anilines is 1. The number of aryl methyl sites for hydroxylation is 1. The zero-order chi connectivity index (χ0) is 20.8. The lowest BCUT2D eigenvalue weighted by Gasteiger charge is -2.37. The molecule has 29 heavy (non-hydrogen) atoms. The van der Waals surface area contributed by atoms with Gasteiger partial charge in [0.1, 0.15) is 24.5 Å². The maximum absolute atomic E-state index is 13.9. The zero-order valence-corrected chi connectivity index (χ0v) is 15.9. The van der Waals surface area contributed by atoms with Gasteiger partial charge >= 0.3 is 6.18 Å². The summed E-state index contributed by atoms with van der Waals surface area (Å²) in [5.41, 5.74) is 2.17. The first-order valence-electron chi connectivity index (χ1n) is 9.10. The standard InChI is InChI=1S/C19H19F4N5O/c1-11-17(12(2)28(26-11)9-19(21,22)23)16-8-29-6-5-27(16)18-14-7-13(20)3-4-15(14)24-10-25-18/h3-4,7,10,16H,5-6,8-9H2,1-2H3/t16-/m1/s1. The van der Waals surface area contributed by atoms with E-state index < -0.39 is 24.6 Å². The first kappa shape index (κ1) is 19.6. The van der Waals surface area contributed by atoms with Crippen molar-refractivity contribution in [3.63, 3.8) is 0 Å². The van der Waals surface area contributed by atoms with Gasteiger partial charge in [0.2, 0.25) is 0 Å². The van der Waals surface area contributed by atoms with E-state index in [-0.39, 0.29) is 6.61 Å². The Labute approximate surface area is 164 Å². The van der Waals surface area contributed by atoms with Crippen molar-refractivity contribution >= 4 is 16.7 Å². The Morgan fingerprint density at radius 3 is 2.76 bits per heavy atom. The summed E-state index contributed by atoms with van der Waals surface area (Å²) in [6.45, 7) is 3.28. The second kappa shape index (κ2) is 7.25. The molecule has 1 aromatic carbocycles. The molecule has 3 aromatic rings. The smallest absolute Gasteiger partial charge is 0.377 e. The molecule has 0 aliphatic carbocycles. The van der Waals surface area contributed by atoms with Crippen LogP contribution in [0.5, 0.6) is 0 Å². The van der Waals surface area contributed by atoms with E-state index in [4.69, 9.17) is 4.74 Å². The number of morpholine rings is 1. The van der Waals surface area contributed by atoms with Gasteiger partial charge in [-0.25, -0.2) is 14.4 Å². The Hall–Kier alpha value is -2.75. The minimum Gasteiger partial charge on any atom is -0.377 e. The molecule has 0 bridgehead atoms. The summed E-state index contributed by atoms with van der Waals surface area (Å²) >= 11 is 0. The van der Waals surface area contributed by atoms with E-state index in [1.54, 1.807) is 19.9 Å². The fraction of sp³-hybridized carbons (Fsp3) is 0.421. The quantitative estimate of drug-likeness (QED) is 0.617. The Morgan fingerprint density at radius 2 is 2.00 bits per heavy atom. The fourth-order valence-corrected chi connectivity index (χ4v) is 3.86. The maximum atomic E-state index is 13.9. The number of aromatic nitrogens is 4. The van der Waals surface area contributed by atoms with Gasteiger partial charge in [-0.15, -0.1) is 0 Å². The van der Waals surface area contributed by atoms with Crippen molar-refractivity contribution < 1.29 is 22.3 Å². The first-order chi connectivity index (χ1) is 13.7. The minimum atomic E-state index is -4.37. The van der Waals surface area contributed by atoms with Gasteiger partial charge in [-0.05, 0) is 32.0 Å². The van der Waals surface area contributed by atoms with Crippen LogP contribution in [-0.4, -0.2) is 45.7 Å². The number of rotatable bonds is 3. The van der Waals surface area contributed by atoms with Crippen LogP contribution in [0.25, 0.3) is 10.9 Å². The number of halogens is 4. The third-order valence-electron chi connectivity index (χ3n) is 5.08. The average molecular weight is 409 g/mol. The van der Waals surface area contributed by atoms with Gasteiger partial charge in [-0.1, -0.05) is 0 Å². The van der Waals surface area contributed by atoms with E-state index in [1.807, 2.05) is 4.90 Å². The molecule has 3 heterocycles. The Bertz CT molecular complexity index is 1050. The molecule has 1 atom stereocenters. The van der Waals surface area contributed by atoms with Crippen LogP contribution in [0.2, 0.25) is 0 Å². The highest BCUT2D eigenvalue weighted by molar-refractivity contribution is 5.89. The number of hydrogen-bond acceptors (Lipinski definition) is 5. The molecule has 1 saturated heterocycles. The number of alkyl halides is 3. The van der Waals surface area contributed by atoms with Gasteiger partial charge in [0.05, 0.1) is 30.5 Å². The van der Waals surface area contributed by atoms with Crippen molar-refractivity contribution in [1.29, 1.82) is 0 Å². The lowest BCUT2D eigenvalue weighted by atomic mass is 10.0. The molecular formula is C19H19F4N5O. The largest absolute Gasteiger partial charge is 0.408 e. The first-order valence-corrected chi connectivity index (χ1v) is 9.10. The fourth-order valence-electron chi connectivity index (χ4n) is 3.86. The Morgan fingerprint density at radius 1 is 1.21 bits per heavy atom. The molecule has 1 fully saturated rings. The molecule has 1 aliphatic rings. The summed E-state index contributed by atoms with van der Waals surface area (Å²) in [6, 6.07) is 3.87. The molecule has 154 valence electrons. The molecule has 0 unspecified atom stereocenters. The number of benzene rings is 1. The van der Waals surface area contributed by atoms with E-state index in [0.29, 0.717) is 46.8 Å². The monoisotopic (exact) mass is 409 g/mol.